The Kier molecular flexibility index (Phi) is 4.34. The number of alkyl halides is 3. The number of rotatable bonds is 5. The van der Waals surface area contributed by atoms with E-state index in [0.29, 0.717) is 6.42 Å². The summed E-state index contributed by atoms with van der Waals surface area (Å²) in [6, 6.07) is 0. The molecule has 0 aliphatic carbocycles. The summed E-state index contributed by atoms with van der Waals surface area (Å²) in [7, 11) is 0. The van der Waals surface area contributed by atoms with Gasteiger partial charge in [-0.2, -0.15) is 18.3 Å². The molecule has 1 heterocycles. The summed E-state index contributed by atoms with van der Waals surface area (Å²) < 4.78 is 39.2. The van der Waals surface area contributed by atoms with Crippen molar-refractivity contribution in [1.82, 2.24) is 9.78 Å². The lowest BCUT2D eigenvalue weighted by Gasteiger charge is -2.04. The number of aliphatic hydroxyl groups is 1. The van der Waals surface area contributed by atoms with Crippen molar-refractivity contribution in [2.45, 2.75) is 32.5 Å². The summed E-state index contributed by atoms with van der Waals surface area (Å²) in [5.41, 5.74) is -0.0186. The Morgan fingerprint density at radius 1 is 1.53 bits per heavy atom. The van der Waals surface area contributed by atoms with Crippen molar-refractivity contribution < 1.29 is 18.3 Å². The fourth-order valence-electron chi connectivity index (χ4n) is 1.51. The SMILES string of the molecule is C=C(C)Cn1cc(CCCO)c(C(F)(F)F)n1. The first-order chi connectivity index (χ1) is 7.84. The molecule has 96 valence electrons. The predicted octanol–water partition coefficient (Wildman–Crippen LogP) is 2.40. The van der Waals surface area contributed by atoms with E-state index in [0.717, 1.165) is 5.57 Å². The third-order valence-electron chi connectivity index (χ3n) is 2.14. The Morgan fingerprint density at radius 2 is 2.18 bits per heavy atom. The van der Waals surface area contributed by atoms with Gasteiger partial charge in [-0.1, -0.05) is 12.2 Å². The average molecular weight is 248 g/mol. The highest BCUT2D eigenvalue weighted by Crippen LogP contribution is 2.31. The molecule has 6 heteroatoms. The van der Waals surface area contributed by atoms with E-state index in [9.17, 15) is 13.2 Å². The quantitative estimate of drug-likeness (QED) is 0.812. The molecule has 0 spiro atoms. The predicted molar refractivity (Wildman–Crippen MR) is 57.4 cm³/mol. The Labute approximate surface area is 97.6 Å². The van der Waals surface area contributed by atoms with Crippen LogP contribution in [0.15, 0.2) is 18.3 Å². The summed E-state index contributed by atoms with van der Waals surface area (Å²) >= 11 is 0. The number of halogens is 3. The van der Waals surface area contributed by atoms with Crippen molar-refractivity contribution in [2.24, 2.45) is 0 Å². The van der Waals surface area contributed by atoms with Gasteiger partial charge in [0, 0.05) is 18.4 Å². The van der Waals surface area contributed by atoms with Gasteiger partial charge in [0.15, 0.2) is 5.69 Å². The first-order valence-electron chi connectivity index (χ1n) is 5.23. The van der Waals surface area contributed by atoms with Crippen molar-refractivity contribution in [2.75, 3.05) is 6.61 Å². The lowest BCUT2D eigenvalue weighted by Crippen LogP contribution is -2.10. The van der Waals surface area contributed by atoms with Crippen molar-refractivity contribution >= 4 is 0 Å². The van der Waals surface area contributed by atoms with E-state index >= 15 is 0 Å². The van der Waals surface area contributed by atoms with Gasteiger partial charge in [0.25, 0.3) is 0 Å². The van der Waals surface area contributed by atoms with Gasteiger partial charge in [-0.3, -0.25) is 4.68 Å². The zero-order chi connectivity index (χ0) is 13.1. The van der Waals surface area contributed by atoms with Crippen LogP contribution in [0.25, 0.3) is 0 Å². The minimum atomic E-state index is -4.45. The highest BCUT2D eigenvalue weighted by molar-refractivity contribution is 5.20. The summed E-state index contributed by atoms with van der Waals surface area (Å²) in [4.78, 5) is 0. The molecule has 0 aliphatic rings. The van der Waals surface area contributed by atoms with Gasteiger partial charge in [-0.25, -0.2) is 0 Å². The summed E-state index contributed by atoms with van der Waals surface area (Å²) in [6.45, 7) is 5.49. The largest absolute Gasteiger partial charge is 0.435 e. The van der Waals surface area contributed by atoms with Crippen LogP contribution in [0, 0.1) is 0 Å². The summed E-state index contributed by atoms with van der Waals surface area (Å²) in [5, 5.41) is 12.2. The fourth-order valence-corrected chi connectivity index (χ4v) is 1.51. The number of aromatic nitrogens is 2. The van der Waals surface area contributed by atoms with Crippen molar-refractivity contribution in [1.29, 1.82) is 0 Å². The molecule has 0 amide bonds. The van der Waals surface area contributed by atoms with Crippen LogP contribution >= 0.6 is 0 Å². The summed E-state index contributed by atoms with van der Waals surface area (Å²) in [6.07, 6.45) is -2.62. The number of aliphatic hydroxyl groups excluding tert-OH is 1. The molecule has 0 saturated heterocycles. The molecule has 0 saturated carbocycles. The maximum absolute atomic E-state index is 12.7. The standard InChI is InChI=1S/C11H15F3N2O/c1-8(2)6-16-7-9(4-3-5-17)10(15-16)11(12,13)14/h7,17H,1,3-6H2,2H3. The second kappa shape index (κ2) is 5.35. The third kappa shape index (κ3) is 3.89. The first kappa shape index (κ1) is 13.8. The minimum Gasteiger partial charge on any atom is -0.396 e. The number of allylic oxidation sites excluding steroid dienone is 1. The normalized spacial score (nSPS) is 11.8. The average Bonchev–Trinajstić information content (AvgIpc) is 2.56. The van der Waals surface area contributed by atoms with Gasteiger partial charge in [0.05, 0.1) is 6.54 Å². The molecule has 0 atom stereocenters. The van der Waals surface area contributed by atoms with E-state index in [1.165, 1.54) is 10.9 Å². The summed E-state index contributed by atoms with van der Waals surface area (Å²) in [5.74, 6) is 0. The van der Waals surface area contributed by atoms with E-state index < -0.39 is 11.9 Å². The lowest BCUT2D eigenvalue weighted by atomic mass is 10.1. The molecule has 1 rings (SSSR count). The molecular formula is C11H15F3N2O. The second-order valence-corrected chi connectivity index (χ2v) is 3.98. The maximum Gasteiger partial charge on any atom is 0.435 e. The highest BCUT2D eigenvalue weighted by Gasteiger charge is 2.36. The molecule has 1 aromatic rings. The van der Waals surface area contributed by atoms with E-state index in [1.54, 1.807) is 6.92 Å². The fraction of sp³-hybridized carbons (Fsp3) is 0.545. The van der Waals surface area contributed by atoms with E-state index in [-0.39, 0.29) is 25.1 Å². The molecule has 0 aromatic carbocycles. The topological polar surface area (TPSA) is 38.0 Å². The molecule has 1 aromatic heterocycles. The van der Waals surface area contributed by atoms with Crippen molar-refractivity contribution in [3.8, 4) is 0 Å². The van der Waals surface area contributed by atoms with Crippen LogP contribution < -0.4 is 0 Å². The Morgan fingerprint density at radius 3 is 2.65 bits per heavy atom. The second-order valence-electron chi connectivity index (χ2n) is 3.98. The van der Waals surface area contributed by atoms with Crippen molar-refractivity contribution in [3.63, 3.8) is 0 Å². The van der Waals surface area contributed by atoms with Crippen LogP contribution in [0.3, 0.4) is 0 Å². The van der Waals surface area contributed by atoms with Crippen molar-refractivity contribution in [3.05, 3.63) is 29.6 Å². The lowest BCUT2D eigenvalue weighted by molar-refractivity contribution is -0.142. The first-order valence-corrected chi connectivity index (χ1v) is 5.23. The zero-order valence-electron chi connectivity index (χ0n) is 9.59. The van der Waals surface area contributed by atoms with Gasteiger partial charge >= 0.3 is 6.18 Å². The molecule has 0 radical (unpaired) electrons. The maximum atomic E-state index is 12.7. The number of nitrogens with zero attached hydrogens (tertiary/aromatic N) is 2. The smallest absolute Gasteiger partial charge is 0.396 e. The Hall–Kier alpha value is -1.30. The number of aryl methyl sites for hydroxylation is 1. The van der Waals surface area contributed by atoms with Crippen LogP contribution in [0.4, 0.5) is 13.2 Å². The monoisotopic (exact) mass is 248 g/mol. The van der Waals surface area contributed by atoms with Gasteiger partial charge in [0.2, 0.25) is 0 Å². The Bertz CT molecular complexity index is 396. The molecular weight excluding hydrogens is 233 g/mol. The Balaban J connectivity index is 2.99. The van der Waals surface area contributed by atoms with E-state index in [1.807, 2.05) is 0 Å². The molecule has 1 N–H and O–H groups in total. The van der Waals surface area contributed by atoms with E-state index in [4.69, 9.17) is 5.11 Å². The van der Waals surface area contributed by atoms with Crippen LogP contribution in [0.1, 0.15) is 24.6 Å². The van der Waals surface area contributed by atoms with E-state index in [2.05, 4.69) is 11.7 Å². The van der Waals surface area contributed by atoms with Gasteiger partial charge in [0.1, 0.15) is 0 Å². The minimum absolute atomic E-state index is 0.118. The van der Waals surface area contributed by atoms with Crippen LogP contribution in [0.5, 0.6) is 0 Å². The van der Waals surface area contributed by atoms with Crippen LogP contribution in [-0.2, 0) is 19.1 Å². The van der Waals surface area contributed by atoms with Gasteiger partial charge in [-0.15, -0.1) is 0 Å². The molecule has 3 nitrogen and oxygen atoms in total. The highest BCUT2D eigenvalue weighted by atomic mass is 19.4. The zero-order valence-corrected chi connectivity index (χ0v) is 9.59. The molecule has 0 bridgehead atoms. The number of hydrogen-bond acceptors (Lipinski definition) is 2. The molecule has 0 unspecified atom stereocenters. The van der Waals surface area contributed by atoms with Crippen LogP contribution in [0.2, 0.25) is 0 Å². The van der Waals surface area contributed by atoms with Crippen LogP contribution in [-0.4, -0.2) is 21.5 Å². The van der Waals surface area contributed by atoms with Gasteiger partial charge in [-0.05, 0) is 19.8 Å². The van der Waals surface area contributed by atoms with Gasteiger partial charge < -0.3 is 5.11 Å². The molecule has 17 heavy (non-hydrogen) atoms. The molecule has 0 fully saturated rings. The number of hydrogen-bond donors (Lipinski definition) is 1. The third-order valence-corrected chi connectivity index (χ3v) is 2.14. The molecule has 0 aliphatic heterocycles.